The topological polar surface area (TPSA) is 41.1 Å². The minimum Gasteiger partial charge on any atom is -0.366 e. The van der Waals surface area contributed by atoms with E-state index in [1.54, 1.807) is 0 Å². The number of anilines is 1. The number of rotatable bonds is 2. The first-order valence-corrected chi connectivity index (χ1v) is 7.17. The molecule has 1 N–H and O–H groups in total. The van der Waals surface area contributed by atoms with Crippen molar-refractivity contribution >= 4 is 17.3 Å². The molecule has 0 aliphatic carbocycles. The molecule has 1 saturated heterocycles. The van der Waals surface area contributed by atoms with Crippen LogP contribution in [0.25, 0.3) is 11.4 Å². The zero-order valence-electron chi connectivity index (χ0n) is 11.4. The van der Waals surface area contributed by atoms with Crippen LogP contribution in [0, 0.1) is 6.92 Å². The standard InChI is InChI=1S/C15H17ClN4/c1-11-14(20-7-5-17-6-8-20)10-18-15(19-11)12-3-2-4-13(16)9-12/h2-4,9-10,17H,5-8H2,1H3. The van der Waals surface area contributed by atoms with Gasteiger partial charge in [0.1, 0.15) is 0 Å². The van der Waals surface area contributed by atoms with Crippen molar-refractivity contribution in [3.63, 3.8) is 0 Å². The number of aryl methyl sites for hydroxylation is 1. The molecule has 0 spiro atoms. The lowest BCUT2D eigenvalue weighted by Gasteiger charge is -2.30. The summed E-state index contributed by atoms with van der Waals surface area (Å²) in [6.07, 6.45) is 1.92. The molecule has 1 aromatic carbocycles. The molecule has 0 radical (unpaired) electrons. The Morgan fingerprint density at radius 3 is 2.75 bits per heavy atom. The van der Waals surface area contributed by atoms with Crippen LogP contribution in [0.15, 0.2) is 30.5 Å². The maximum Gasteiger partial charge on any atom is 0.159 e. The Morgan fingerprint density at radius 2 is 2.05 bits per heavy atom. The minimum atomic E-state index is 0.704. The normalized spacial score (nSPS) is 15.4. The van der Waals surface area contributed by atoms with Gasteiger partial charge in [0.15, 0.2) is 5.82 Å². The average molecular weight is 289 g/mol. The summed E-state index contributed by atoms with van der Waals surface area (Å²) in [7, 11) is 0. The molecule has 20 heavy (non-hydrogen) atoms. The Bertz CT molecular complexity index is 609. The van der Waals surface area contributed by atoms with E-state index in [4.69, 9.17) is 11.6 Å². The van der Waals surface area contributed by atoms with Crippen LogP contribution in [0.5, 0.6) is 0 Å². The van der Waals surface area contributed by atoms with Gasteiger partial charge in [0.05, 0.1) is 17.6 Å². The third-order valence-electron chi connectivity index (χ3n) is 3.49. The van der Waals surface area contributed by atoms with Gasteiger partial charge in [-0.05, 0) is 19.1 Å². The highest BCUT2D eigenvalue weighted by molar-refractivity contribution is 6.30. The Morgan fingerprint density at radius 1 is 1.25 bits per heavy atom. The molecule has 0 saturated carbocycles. The smallest absolute Gasteiger partial charge is 0.159 e. The summed E-state index contributed by atoms with van der Waals surface area (Å²) in [5.41, 5.74) is 3.08. The SMILES string of the molecule is Cc1nc(-c2cccc(Cl)c2)ncc1N1CCNCC1. The summed E-state index contributed by atoms with van der Waals surface area (Å²) in [5.74, 6) is 0.726. The second kappa shape index (κ2) is 5.77. The van der Waals surface area contributed by atoms with Gasteiger partial charge in [-0.1, -0.05) is 23.7 Å². The first-order valence-electron chi connectivity index (χ1n) is 6.79. The second-order valence-corrected chi connectivity index (χ2v) is 5.35. The van der Waals surface area contributed by atoms with Gasteiger partial charge in [-0.15, -0.1) is 0 Å². The van der Waals surface area contributed by atoms with Crippen molar-refractivity contribution in [2.45, 2.75) is 6.92 Å². The Kier molecular flexibility index (Phi) is 3.85. The van der Waals surface area contributed by atoms with Crippen LogP contribution in [0.2, 0.25) is 5.02 Å². The molecule has 5 heteroatoms. The first kappa shape index (κ1) is 13.3. The Labute approximate surface area is 123 Å². The van der Waals surface area contributed by atoms with Gasteiger partial charge in [0.25, 0.3) is 0 Å². The van der Waals surface area contributed by atoms with Crippen molar-refractivity contribution in [1.29, 1.82) is 0 Å². The Hall–Kier alpha value is -1.65. The van der Waals surface area contributed by atoms with E-state index >= 15 is 0 Å². The van der Waals surface area contributed by atoms with E-state index in [-0.39, 0.29) is 0 Å². The Balaban J connectivity index is 1.90. The number of nitrogens with zero attached hydrogens (tertiary/aromatic N) is 3. The lowest BCUT2D eigenvalue weighted by molar-refractivity contribution is 0.587. The van der Waals surface area contributed by atoms with Crippen LogP contribution in [-0.2, 0) is 0 Å². The first-order chi connectivity index (χ1) is 9.74. The molecule has 2 heterocycles. The molecule has 1 aliphatic rings. The lowest BCUT2D eigenvalue weighted by atomic mass is 10.2. The van der Waals surface area contributed by atoms with E-state index in [0.717, 1.165) is 48.9 Å². The third-order valence-corrected chi connectivity index (χ3v) is 3.73. The molecular formula is C15H17ClN4. The predicted molar refractivity (Wildman–Crippen MR) is 82.3 cm³/mol. The highest BCUT2D eigenvalue weighted by Crippen LogP contribution is 2.23. The summed E-state index contributed by atoms with van der Waals surface area (Å²) in [5, 5.41) is 4.05. The number of hydrogen-bond donors (Lipinski definition) is 1. The number of piperazine rings is 1. The molecule has 0 amide bonds. The van der Waals surface area contributed by atoms with Crippen molar-refractivity contribution in [3.8, 4) is 11.4 Å². The van der Waals surface area contributed by atoms with Crippen molar-refractivity contribution in [3.05, 3.63) is 41.2 Å². The number of hydrogen-bond acceptors (Lipinski definition) is 4. The van der Waals surface area contributed by atoms with Crippen LogP contribution < -0.4 is 10.2 Å². The van der Waals surface area contributed by atoms with Gasteiger partial charge < -0.3 is 10.2 Å². The fourth-order valence-electron chi connectivity index (χ4n) is 2.44. The van der Waals surface area contributed by atoms with E-state index in [1.165, 1.54) is 0 Å². The molecule has 1 aliphatic heterocycles. The van der Waals surface area contributed by atoms with Gasteiger partial charge >= 0.3 is 0 Å². The van der Waals surface area contributed by atoms with Crippen LogP contribution in [0.3, 0.4) is 0 Å². The molecule has 0 unspecified atom stereocenters. The monoisotopic (exact) mass is 288 g/mol. The quantitative estimate of drug-likeness (QED) is 0.922. The number of aromatic nitrogens is 2. The van der Waals surface area contributed by atoms with Crippen LogP contribution >= 0.6 is 11.6 Å². The molecular weight excluding hydrogens is 272 g/mol. The third kappa shape index (κ3) is 2.76. The number of nitrogens with one attached hydrogen (secondary N) is 1. The fourth-order valence-corrected chi connectivity index (χ4v) is 2.63. The highest BCUT2D eigenvalue weighted by atomic mass is 35.5. The van der Waals surface area contributed by atoms with E-state index < -0.39 is 0 Å². The van der Waals surface area contributed by atoms with Crippen molar-refractivity contribution in [2.75, 3.05) is 31.1 Å². The van der Waals surface area contributed by atoms with Crippen molar-refractivity contribution in [1.82, 2.24) is 15.3 Å². The van der Waals surface area contributed by atoms with Gasteiger partial charge in [0, 0.05) is 36.8 Å². The molecule has 1 aromatic heterocycles. The van der Waals surface area contributed by atoms with E-state index in [9.17, 15) is 0 Å². The molecule has 2 aromatic rings. The minimum absolute atomic E-state index is 0.704. The zero-order valence-corrected chi connectivity index (χ0v) is 12.2. The van der Waals surface area contributed by atoms with Crippen molar-refractivity contribution < 1.29 is 0 Å². The largest absolute Gasteiger partial charge is 0.366 e. The van der Waals surface area contributed by atoms with Gasteiger partial charge in [-0.3, -0.25) is 0 Å². The molecule has 3 rings (SSSR count). The summed E-state index contributed by atoms with van der Waals surface area (Å²) in [4.78, 5) is 11.4. The van der Waals surface area contributed by atoms with Gasteiger partial charge in [0.2, 0.25) is 0 Å². The summed E-state index contributed by atoms with van der Waals surface area (Å²) >= 11 is 6.02. The number of benzene rings is 1. The maximum atomic E-state index is 6.02. The van der Waals surface area contributed by atoms with Crippen LogP contribution in [-0.4, -0.2) is 36.1 Å². The number of halogens is 1. The van der Waals surface area contributed by atoms with Crippen LogP contribution in [0.4, 0.5) is 5.69 Å². The summed E-state index contributed by atoms with van der Waals surface area (Å²) in [6.45, 7) is 6.06. The van der Waals surface area contributed by atoms with Gasteiger partial charge in [-0.2, -0.15) is 0 Å². The maximum absolute atomic E-state index is 6.02. The molecule has 0 atom stereocenters. The van der Waals surface area contributed by atoms with Gasteiger partial charge in [-0.25, -0.2) is 9.97 Å². The average Bonchev–Trinajstić information content (AvgIpc) is 2.48. The van der Waals surface area contributed by atoms with E-state index in [0.29, 0.717) is 5.02 Å². The highest BCUT2D eigenvalue weighted by Gasteiger charge is 2.14. The predicted octanol–water partition coefficient (Wildman–Crippen LogP) is 2.52. The van der Waals surface area contributed by atoms with Crippen molar-refractivity contribution in [2.24, 2.45) is 0 Å². The summed E-state index contributed by atoms with van der Waals surface area (Å²) < 4.78 is 0. The molecule has 4 nitrogen and oxygen atoms in total. The van der Waals surface area contributed by atoms with E-state index in [1.807, 2.05) is 37.4 Å². The lowest BCUT2D eigenvalue weighted by Crippen LogP contribution is -2.43. The molecule has 104 valence electrons. The fraction of sp³-hybridized carbons (Fsp3) is 0.333. The second-order valence-electron chi connectivity index (χ2n) is 4.91. The van der Waals surface area contributed by atoms with E-state index in [2.05, 4.69) is 20.2 Å². The zero-order chi connectivity index (χ0) is 13.9. The summed E-state index contributed by atoms with van der Waals surface area (Å²) in [6, 6.07) is 7.64. The van der Waals surface area contributed by atoms with Crippen LogP contribution in [0.1, 0.15) is 5.69 Å². The molecule has 0 bridgehead atoms. The molecule has 1 fully saturated rings.